The van der Waals surface area contributed by atoms with Crippen molar-refractivity contribution in [1.82, 2.24) is 9.55 Å². The Hall–Kier alpha value is -2.16. The van der Waals surface area contributed by atoms with Crippen molar-refractivity contribution in [3.63, 3.8) is 0 Å². The van der Waals surface area contributed by atoms with E-state index in [9.17, 15) is 4.79 Å². The molecule has 0 bridgehead atoms. The number of fused-ring (bicyclic) bond motifs is 1. The van der Waals surface area contributed by atoms with Crippen molar-refractivity contribution >= 4 is 16.6 Å². The van der Waals surface area contributed by atoms with E-state index in [0.717, 1.165) is 18.4 Å². The summed E-state index contributed by atoms with van der Waals surface area (Å²) in [5, 5.41) is 0.672. The Morgan fingerprint density at radius 2 is 2.12 bits per heavy atom. The zero-order valence-corrected chi connectivity index (χ0v) is 9.34. The van der Waals surface area contributed by atoms with Gasteiger partial charge in [0.2, 0.25) is 0 Å². The number of allylic oxidation sites excluding steroid dienone is 4. The van der Waals surface area contributed by atoms with Crippen LogP contribution in [0.3, 0.4) is 0 Å². The number of para-hydroxylation sites is 1. The van der Waals surface area contributed by atoms with Gasteiger partial charge in [0.1, 0.15) is 6.33 Å². The quantitative estimate of drug-likeness (QED) is 0.746. The summed E-state index contributed by atoms with van der Waals surface area (Å²) < 4.78 is 2.00. The molecule has 0 atom stereocenters. The van der Waals surface area contributed by atoms with E-state index in [4.69, 9.17) is 0 Å². The summed E-state index contributed by atoms with van der Waals surface area (Å²) in [6.07, 6.45) is 9.89. The van der Waals surface area contributed by atoms with E-state index >= 15 is 0 Å². The highest BCUT2D eigenvalue weighted by atomic mass is 16.1. The molecule has 1 aromatic carbocycles. The third-order valence-corrected chi connectivity index (χ3v) is 2.99. The minimum atomic E-state index is -0.163. The van der Waals surface area contributed by atoms with Gasteiger partial charge >= 0.3 is 0 Å². The van der Waals surface area contributed by atoms with Crippen LogP contribution in [0.1, 0.15) is 12.8 Å². The summed E-state index contributed by atoms with van der Waals surface area (Å²) in [6.45, 7) is 0. The Bertz CT molecular complexity index is 680. The van der Waals surface area contributed by atoms with E-state index in [1.165, 1.54) is 5.70 Å². The SMILES string of the molecule is O=c1ncn(C2=CC=CCC2)c2ccccc12. The lowest BCUT2D eigenvalue weighted by Gasteiger charge is -2.14. The second-order valence-corrected chi connectivity index (χ2v) is 4.06. The van der Waals surface area contributed by atoms with Gasteiger partial charge in [0.25, 0.3) is 5.56 Å². The van der Waals surface area contributed by atoms with Crippen LogP contribution in [0.4, 0.5) is 0 Å². The lowest BCUT2D eigenvalue weighted by atomic mass is 10.1. The first-order chi connectivity index (χ1) is 8.36. The largest absolute Gasteiger partial charge is 0.304 e. The van der Waals surface area contributed by atoms with E-state index < -0.39 is 0 Å². The molecule has 1 aliphatic carbocycles. The molecule has 1 heterocycles. The molecule has 0 spiro atoms. The highest BCUT2D eigenvalue weighted by Crippen LogP contribution is 2.20. The maximum atomic E-state index is 11.7. The zero-order valence-electron chi connectivity index (χ0n) is 9.34. The minimum absolute atomic E-state index is 0.163. The van der Waals surface area contributed by atoms with Crippen molar-refractivity contribution in [2.75, 3.05) is 0 Å². The fraction of sp³-hybridized carbons (Fsp3) is 0.143. The Balaban J connectivity index is 2.30. The van der Waals surface area contributed by atoms with Gasteiger partial charge in [-0.15, -0.1) is 0 Å². The van der Waals surface area contributed by atoms with Crippen LogP contribution in [0.25, 0.3) is 16.6 Å². The van der Waals surface area contributed by atoms with Crippen molar-refractivity contribution in [1.29, 1.82) is 0 Å². The average molecular weight is 224 g/mol. The first-order valence-corrected chi connectivity index (χ1v) is 5.69. The molecule has 84 valence electrons. The maximum absolute atomic E-state index is 11.7. The van der Waals surface area contributed by atoms with Crippen LogP contribution in [0.2, 0.25) is 0 Å². The summed E-state index contributed by atoms with van der Waals surface area (Å²) in [5.41, 5.74) is 1.94. The molecular weight excluding hydrogens is 212 g/mol. The van der Waals surface area contributed by atoms with Crippen molar-refractivity contribution in [2.45, 2.75) is 12.8 Å². The predicted octanol–water partition coefficient (Wildman–Crippen LogP) is 2.59. The highest BCUT2D eigenvalue weighted by molar-refractivity contribution is 5.81. The van der Waals surface area contributed by atoms with Crippen LogP contribution in [0.15, 0.2) is 53.6 Å². The Morgan fingerprint density at radius 3 is 2.94 bits per heavy atom. The average Bonchev–Trinajstić information content (AvgIpc) is 2.41. The second-order valence-electron chi connectivity index (χ2n) is 4.06. The Morgan fingerprint density at radius 1 is 1.24 bits per heavy atom. The number of benzene rings is 1. The van der Waals surface area contributed by atoms with E-state index in [2.05, 4.69) is 17.1 Å². The lowest BCUT2D eigenvalue weighted by Crippen LogP contribution is -2.12. The van der Waals surface area contributed by atoms with Crippen molar-refractivity contribution < 1.29 is 0 Å². The monoisotopic (exact) mass is 224 g/mol. The van der Waals surface area contributed by atoms with Gasteiger partial charge < -0.3 is 4.57 Å². The molecule has 3 heteroatoms. The fourth-order valence-corrected chi connectivity index (χ4v) is 2.13. The Labute approximate surface area is 98.7 Å². The van der Waals surface area contributed by atoms with Gasteiger partial charge in [-0.25, -0.2) is 0 Å². The minimum Gasteiger partial charge on any atom is -0.304 e. The van der Waals surface area contributed by atoms with Gasteiger partial charge in [-0.3, -0.25) is 4.79 Å². The zero-order chi connectivity index (χ0) is 11.7. The summed E-state index contributed by atoms with van der Waals surface area (Å²) >= 11 is 0. The van der Waals surface area contributed by atoms with Gasteiger partial charge in [-0.05, 0) is 31.1 Å². The number of aromatic nitrogens is 2. The molecule has 1 aliphatic rings. The van der Waals surface area contributed by atoms with Gasteiger partial charge in [-0.1, -0.05) is 24.3 Å². The molecule has 0 saturated carbocycles. The molecule has 3 nitrogen and oxygen atoms in total. The number of hydrogen-bond donors (Lipinski definition) is 0. The first-order valence-electron chi connectivity index (χ1n) is 5.69. The third-order valence-electron chi connectivity index (χ3n) is 2.99. The number of hydrogen-bond acceptors (Lipinski definition) is 2. The third kappa shape index (κ3) is 1.69. The molecule has 1 aromatic heterocycles. The smallest absolute Gasteiger partial charge is 0.280 e. The van der Waals surface area contributed by atoms with Crippen LogP contribution in [0.5, 0.6) is 0 Å². The molecule has 0 radical (unpaired) electrons. The van der Waals surface area contributed by atoms with E-state index in [1.807, 2.05) is 34.9 Å². The molecule has 0 saturated heterocycles. The lowest BCUT2D eigenvalue weighted by molar-refractivity contribution is 0.930. The second kappa shape index (κ2) is 4.01. The molecule has 3 rings (SSSR count). The van der Waals surface area contributed by atoms with E-state index in [0.29, 0.717) is 5.39 Å². The highest BCUT2D eigenvalue weighted by Gasteiger charge is 2.07. The summed E-state index contributed by atoms with van der Waals surface area (Å²) in [5.74, 6) is 0. The molecule has 0 unspecified atom stereocenters. The van der Waals surface area contributed by atoms with Crippen LogP contribution in [-0.4, -0.2) is 9.55 Å². The summed E-state index contributed by atoms with van der Waals surface area (Å²) in [4.78, 5) is 15.6. The molecule has 0 aliphatic heterocycles. The van der Waals surface area contributed by atoms with E-state index in [-0.39, 0.29) is 5.56 Å². The number of rotatable bonds is 1. The van der Waals surface area contributed by atoms with Gasteiger partial charge in [-0.2, -0.15) is 4.98 Å². The summed E-state index contributed by atoms with van der Waals surface area (Å²) in [7, 11) is 0. The van der Waals surface area contributed by atoms with Crippen LogP contribution in [0, 0.1) is 0 Å². The first kappa shape index (κ1) is 10.0. The molecule has 0 amide bonds. The van der Waals surface area contributed by atoms with Crippen molar-refractivity contribution in [2.24, 2.45) is 0 Å². The maximum Gasteiger partial charge on any atom is 0.280 e. The van der Waals surface area contributed by atoms with Gasteiger partial charge in [0, 0.05) is 5.70 Å². The number of nitrogens with zero attached hydrogens (tertiary/aromatic N) is 2. The van der Waals surface area contributed by atoms with E-state index in [1.54, 1.807) is 6.33 Å². The van der Waals surface area contributed by atoms with Crippen LogP contribution >= 0.6 is 0 Å². The standard InChI is InChI=1S/C14H12N2O/c17-14-12-8-4-5-9-13(12)16(10-15-14)11-6-2-1-3-7-11/h1-2,4-6,8-10H,3,7H2. The Kier molecular flexibility index (Phi) is 2.37. The molecule has 0 N–H and O–H groups in total. The fourth-order valence-electron chi connectivity index (χ4n) is 2.13. The van der Waals surface area contributed by atoms with Crippen molar-refractivity contribution in [3.8, 4) is 0 Å². The van der Waals surface area contributed by atoms with Gasteiger partial charge in [0.05, 0.1) is 10.9 Å². The molecular formula is C14H12N2O. The van der Waals surface area contributed by atoms with Crippen LogP contribution < -0.4 is 5.56 Å². The molecule has 17 heavy (non-hydrogen) atoms. The molecule has 0 fully saturated rings. The van der Waals surface area contributed by atoms with Gasteiger partial charge in [0.15, 0.2) is 0 Å². The summed E-state index contributed by atoms with van der Waals surface area (Å²) in [6, 6.07) is 7.58. The van der Waals surface area contributed by atoms with Crippen molar-refractivity contribution in [3.05, 3.63) is 59.2 Å². The topological polar surface area (TPSA) is 34.9 Å². The molecule has 2 aromatic rings. The normalized spacial score (nSPS) is 14.9. The van der Waals surface area contributed by atoms with Crippen LogP contribution in [-0.2, 0) is 0 Å². The predicted molar refractivity (Wildman–Crippen MR) is 68.7 cm³/mol.